The maximum atomic E-state index is 11.6. The summed E-state index contributed by atoms with van der Waals surface area (Å²) < 4.78 is 0. The number of amides is 4. The van der Waals surface area contributed by atoms with Crippen molar-refractivity contribution in [3.63, 3.8) is 0 Å². The molecule has 0 aromatic carbocycles. The first-order valence-corrected chi connectivity index (χ1v) is 5.41. The van der Waals surface area contributed by atoms with E-state index in [1.165, 1.54) is 0 Å². The van der Waals surface area contributed by atoms with Crippen molar-refractivity contribution in [3.8, 4) is 0 Å². The number of carboxylic acid groups (broad SMARTS) is 1. The second kappa shape index (κ2) is 4.11. The van der Waals surface area contributed by atoms with Crippen molar-refractivity contribution in [3.05, 3.63) is 0 Å². The van der Waals surface area contributed by atoms with E-state index in [4.69, 9.17) is 0 Å². The maximum absolute atomic E-state index is 11.6. The van der Waals surface area contributed by atoms with Crippen molar-refractivity contribution < 1.29 is 19.5 Å². The van der Waals surface area contributed by atoms with Crippen LogP contribution in [0.2, 0.25) is 0 Å². The average Bonchev–Trinajstić information content (AvgIpc) is 2.70. The van der Waals surface area contributed by atoms with Crippen molar-refractivity contribution in [2.45, 2.75) is 38.1 Å². The van der Waals surface area contributed by atoms with Gasteiger partial charge in [0.25, 0.3) is 0 Å². The number of carbonyl (C=O) groups excluding carboxylic acids is 3. The van der Waals surface area contributed by atoms with Gasteiger partial charge in [-0.05, 0) is 6.42 Å². The SMILES string of the molecule is CCC[C@H](C(=O)[O-])N1C(=O)N[C@@H]2NC(=O)N[C@@H]21. The third-order valence-electron chi connectivity index (χ3n) is 2.86. The molecule has 2 saturated heterocycles. The highest BCUT2D eigenvalue weighted by Gasteiger charge is 2.48. The van der Waals surface area contributed by atoms with Crippen molar-refractivity contribution in [1.82, 2.24) is 20.9 Å². The van der Waals surface area contributed by atoms with Gasteiger partial charge in [-0.3, -0.25) is 4.90 Å². The minimum Gasteiger partial charge on any atom is -0.548 e. The molecule has 0 unspecified atom stereocenters. The van der Waals surface area contributed by atoms with Crippen LogP contribution in [0, 0.1) is 0 Å². The fraction of sp³-hybridized carbons (Fsp3) is 0.667. The predicted molar refractivity (Wildman–Crippen MR) is 53.3 cm³/mol. The van der Waals surface area contributed by atoms with Crippen LogP contribution >= 0.6 is 0 Å². The minimum absolute atomic E-state index is 0.287. The summed E-state index contributed by atoms with van der Waals surface area (Å²) >= 11 is 0. The Morgan fingerprint density at radius 3 is 2.71 bits per heavy atom. The molecule has 4 amide bonds. The molecule has 3 atom stereocenters. The highest BCUT2D eigenvalue weighted by molar-refractivity contribution is 5.88. The molecule has 0 spiro atoms. The van der Waals surface area contributed by atoms with E-state index in [0.29, 0.717) is 6.42 Å². The summed E-state index contributed by atoms with van der Waals surface area (Å²) in [5, 5.41) is 18.5. The molecule has 2 fully saturated rings. The third-order valence-corrected chi connectivity index (χ3v) is 2.86. The summed E-state index contributed by atoms with van der Waals surface area (Å²) in [6.45, 7) is 1.81. The first kappa shape index (κ1) is 11.5. The zero-order valence-electron chi connectivity index (χ0n) is 9.23. The second-order valence-corrected chi connectivity index (χ2v) is 4.02. The molecular formula is C9H13N4O4-. The number of aliphatic carboxylic acids is 1. The van der Waals surface area contributed by atoms with Crippen LogP contribution in [0.4, 0.5) is 9.59 Å². The van der Waals surface area contributed by atoms with Crippen molar-refractivity contribution in [2.75, 3.05) is 0 Å². The third kappa shape index (κ3) is 1.85. The molecule has 2 rings (SSSR count). The largest absolute Gasteiger partial charge is 0.548 e. The Labute approximate surface area is 97.3 Å². The monoisotopic (exact) mass is 241 g/mol. The second-order valence-electron chi connectivity index (χ2n) is 4.02. The summed E-state index contributed by atoms with van der Waals surface area (Å²) in [5.74, 6) is -1.32. The van der Waals surface area contributed by atoms with E-state index >= 15 is 0 Å². The van der Waals surface area contributed by atoms with Gasteiger partial charge in [-0.2, -0.15) is 0 Å². The normalized spacial score (nSPS) is 28.2. The zero-order chi connectivity index (χ0) is 12.6. The standard InChI is InChI=1S/C9H14N4O4/c1-2-3-4(7(14)15)13-6-5(11-9(13)17)10-8(16)12-6/h4-6H,2-3H2,1H3,(H,11,17)(H,14,15)(H2,10,12,16)/p-1/t4-,5+,6-/m1/s1. The van der Waals surface area contributed by atoms with Gasteiger partial charge in [0, 0.05) is 0 Å². The summed E-state index contributed by atoms with van der Waals surface area (Å²) in [7, 11) is 0. The number of hydrogen-bond donors (Lipinski definition) is 3. The van der Waals surface area contributed by atoms with E-state index in [9.17, 15) is 19.5 Å². The summed E-state index contributed by atoms with van der Waals surface area (Å²) in [5.41, 5.74) is 0. The van der Waals surface area contributed by atoms with E-state index < -0.39 is 36.4 Å². The highest BCUT2D eigenvalue weighted by Crippen LogP contribution is 2.19. The van der Waals surface area contributed by atoms with Gasteiger partial charge in [0.15, 0.2) is 0 Å². The Balaban J connectivity index is 2.20. The number of urea groups is 2. The van der Waals surface area contributed by atoms with Gasteiger partial charge in [0.2, 0.25) is 0 Å². The Kier molecular flexibility index (Phi) is 2.78. The lowest BCUT2D eigenvalue weighted by Crippen LogP contribution is -2.55. The van der Waals surface area contributed by atoms with E-state index in [2.05, 4.69) is 16.0 Å². The van der Waals surface area contributed by atoms with E-state index in [0.717, 1.165) is 4.90 Å². The van der Waals surface area contributed by atoms with Crippen LogP contribution in [0.3, 0.4) is 0 Å². The summed E-state index contributed by atoms with van der Waals surface area (Å²) in [6, 6.07) is -1.98. The molecule has 17 heavy (non-hydrogen) atoms. The molecule has 2 aliphatic rings. The van der Waals surface area contributed by atoms with Crippen LogP contribution < -0.4 is 21.1 Å². The molecule has 0 aromatic heterocycles. The maximum Gasteiger partial charge on any atom is 0.321 e. The van der Waals surface area contributed by atoms with Crippen LogP contribution in [0.25, 0.3) is 0 Å². The smallest absolute Gasteiger partial charge is 0.321 e. The van der Waals surface area contributed by atoms with Crippen LogP contribution in [0.15, 0.2) is 0 Å². The molecule has 0 saturated carbocycles. The number of fused-ring (bicyclic) bond motifs is 1. The molecule has 8 nitrogen and oxygen atoms in total. The van der Waals surface area contributed by atoms with Gasteiger partial charge in [-0.1, -0.05) is 13.3 Å². The Morgan fingerprint density at radius 2 is 2.12 bits per heavy atom. The van der Waals surface area contributed by atoms with Gasteiger partial charge < -0.3 is 25.9 Å². The van der Waals surface area contributed by atoms with Gasteiger partial charge in [-0.15, -0.1) is 0 Å². The lowest BCUT2D eigenvalue weighted by atomic mass is 10.1. The number of carboxylic acids is 1. The predicted octanol–water partition coefficient (Wildman–Crippen LogP) is -2.10. The molecule has 8 heteroatoms. The topological polar surface area (TPSA) is 114 Å². The number of nitrogens with zero attached hydrogens (tertiary/aromatic N) is 1. The Morgan fingerprint density at radius 1 is 1.41 bits per heavy atom. The summed E-state index contributed by atoms with van der Waals surface area (Å²) in [4.78, 5) is 34.9. The lowest BCUT2D eigenvalue weighted by Gasteiger charge is -2.31. The number of hydrogen-bond acceptors (Lipinski definition) is 4. The van der Waals surface area contributed by atoms with Gasteiger partial charge in [0.1, 0.15) is 12.3 Å². The molecule has 0 aliphatic carbocycles. The lowest BCUT2D eigenvalue weighted by molar-refractivity contribution is -0.311. The molecule has 2 heterocycles. The van der Waals surface area contributed by atoms with Crippen molar-refractivity contribution >= 4 is 18.0 Å². The van der Waals surface area contributed by atoms with Crippen LogP contribution in [0.1, 0.15) is 19.8 Å². The highest BCUT2D eigenvalue weighted by atomic mass is 16.4. The number of nitrogens with one attached hydrogen (secondary N) is 3. The van der Waals surface area contributed by atoms with Crippen LogP contribution in [-0.2, 0) is 4.79 Å². The van der Waals surface area contributed by atoms with Gasteiger partial charge >= 0.3 is 12.1 Å². The molecule has 94 valence electrons. The van der Waals surface area contributed by atoms with Crippen LogP contribution in [-0.4, -0.2) is 41.3 Å². The fourth-order valence-electron chi connectivity index (χ4n) is 2.14. The average molecular weight is 241 g/mol. The van der Waals surface area contributed by atoms with Gasteiger partial charge in [0.05, 0.1) is 12.0 Å². The molecule has 0 bridgehead atoms. The zero-order valence-corrected chi connectivity index (χ0v) is 9.23. The quantitative estimate of drug-likeness (QED) is 0.523. The summed E-state index contributed by atoms with van der Waals surface area (Å²) in [6.07, 6.45) is -0.381. The van der Waals surface area contributed by atoms with Gasteiger partial charge in [-0.25, -0.2) is 9.59 Å². The number of carbonyl (C=O) groups is 3. The first-order chi connectivity index (χ1) is 8.04. The minimum atomic E-state index is -1.32. The molecule has 0 radical (unpaired) electrons. The van der Waals surface area contributed by atoms with E-state index in [-0.39, 0.29) is 6.42 Å². The Hall–Kier alpha value is -1.99. The molecular weight excluding hydrogens is 228 g/mol. The molecule has 0 aromatic rings. The van der Waals surface area contributed by atoms with Crippen molar-refractivity contribution in [2.24, 2.45) is 0 Å². The number of rotatable bonds is 4. The van der Waals surface area contributed by atoms with E-state index in [1.54, 1.807) is 0 Å². The first-order valence-electron chi connectivity index (χ1n) is 5.41. The van der Waals surface area contributed by atoms with Crippen molar-refractivity contribution in [1.29, 1.82) is 0 Å². The fourth-order valence-corrected chi connectivity index (χ4v) is 2.14. The Bertz CT molecular complexity index is 372. The van der Waals surface area contributed by atoms with Crippen LogP contribution in [0.5, 0.6) is 0 Å². The van der Waals surface area contributed by atoms with E-state index in [1.807, 2.05) is 6.92 Å². The molecule has 2 aliphatic heterocycles. The molecule has 3 N–H and O–H groups in total.